The summed E-state index contributed by atoms with van der Waals surface area (Å²) in [6.07, 6.45) is 0. The van der Waals surface area contributed by atoms with Gasteiger partial charge in [0.25, 0.3) is 5.69 Å². The second kappa shape index (κ2) is 6.92. The lowest BCUT2D eigenvalue weighted by molar-refractivity contribution is -0.384. The third-order valence-electron chi connectivity index (χ3n) is 3.92. The van der Waals surface area contributed by atoms with Crippen molar-refractivity contribution in [1.29, 1.82) is 0 Å². The molecule has 0 amide bonds. The van der Waals surface area contributed by atoms with Crippen LogP contribution >= 0.6 is 11.6 Å². The molecule has 0 saturated heterocycles. The second-order valence-electron chi connectivity index (χ2n) is 5.36. The van der Waals surface area contributed by atoms with Crippen LogP contribution in [0.1, 0.15) is 25.3 Å². The molecule has 0 bridgehead atoms. The number of esters is 1. The molecule has 1 unspecified atom stereocenters. The molecule has 2 atom stereocenters. The van der Waals surface area contributed by atoms with Gasteiger partial charge in [-0.2, -0.15) is 0 Å². The quantitative estimate of drug-likeness (QED) is 0.360. The van der Waals surface area contributed by atoms with Crippen LogP contribution in [0, 0.1) is 16.0 Å². The highest BCUT2D eigenvalue weighted by molar-refractivity contribution is 6.65. The fraction of sp³-hybridized carbons (Fsp3) is 0.312. The number of rotatable bonds is 4. The lowest BCUT2D eigenvalue weighted by atomic mass is 9.76. The Morgan fingerprint density at radius 3 is 2.54 bits per heavy atom. The molecule has 0 fully saturated rings. The van der Waals surface area contributed by atoms with Crippen LogP contribution in [0.2, 0.25) is 0 Å². The van der Waals surface area contributed by atoms with E-state index in [4.69, 9.17) is 16.3 Å². The van der Waals surface area contributed by atoms with E-state index in [1.807, 2.05) is 0 Å². The summed E-state index contributed by atoms with van der Waals surface area (Å²) >= 11 is 5.73. The highest BCUT2D eigenvalue weighted by Gasteiger charge is 2.41. The third-order valence-corrected chi connectivity index (χ3v) is 4.15. The van der Waals surface area contributed by atoms with Gasteiger partial charge in [0.2, 0.25) is 5.24 Å². The van der Waals surface area contributed by atoms with Crippen LogP contribution < -0.4 is 0 Å². The SMILES string of the molecule is COC(=O)C1=C(C)N=C(C)C(C(=O)Cl)[C@H]1c1cccc([N+](=O)[O-])c1. The Morgan fingerprint density at radius 2 is 2.00 bits per heavy atom. The Kier molecular flexibility index (Phi) is 5.14. The minimum absolute atomic E-state index is 0.143. The summed E-state index contributed by atoms with van der Waals surface area (Å²) in [4.78, 5) is 38.9. The molecule has 24 heavy (non-hydrogen) atoms. The molecule has 0 N–H and O–H groups in total. The molecule has 8 heteroatoms. The predicted octanol–water partition coefficient (Wildman–Crippen LogP) is 2.98. The number of carbonyl (C=O) groups excluding carboxylic acids is 2. The lowest BCUT2D eigenvalue weighted by Gasteiger charge is -2.30. The molecule has 0 spiro atoms. The maximum atomic E-state index is 12.2. The fourth-order valence-electron chi connectivity index (χ4n) is 2.90. The van der Waals surface area contributed by atoms with E-state index in [0.717, 1.165) is 0 Å². The van der Waals surface area contributed by atoms with Gasteiger partial charge >= 0.3 is 5.97 Å². The number of halogens is 1. The third kappa shape index (κ3) is 3.21. The number of nitrogens with zero attached hydrogens (tertiary/aromatic N) is 2. The van der Waals surface area contributed by atoms with Gasteiger partial charge in [0, 0.05) is 29.5 Å². The van der Waals surface area contributed by atoms with E-state index in [1.54, 1.807) is 19.9 Å². The smallest absolute Gasteiger partial charge is 0.336 e. The number of aliphatic imine (C=N–C) groups is 1. The first kappa shape index (κ1) is 17.8. The number of hydrogen-bond acceptors (Lipinski definition) is 6. The number of methoxy groups -OCH3 is 1. The molecule has 0 saturated carbocycles. The van der Waals surface area contributed by atoms with Gasteiger partial charge in [-0.25, -0.2) is 4.79 Å². The fourth-order valence-corrected chi connectivity index (χ4v) is 3.18. The van der Waals surface area contributed by atoms with E-state index in [9.17, 15) is 19.7 Å². The first-order valence-electron chi connectivity index (χ1n) is 7.05. The minimum atomic E-state index is -0.897. The Bertz CT molecular complexity index is 784. The number of non-ortho nitro benzene ring substituents is 1. The maximum Gasteiger partial charge on any atom is 0.336 e. The largest absolute Gasteiger partial charge is 0.466 e. The molecule has 126 valence electrons. The molecule has 2 rings (SSSR count). The van der Waals surface area contributed by atoms with E-state index < -0.39 is 28.0 Å². The molecular formula is C16H15ClN2O5. The van der Waals surface area contributed by atoms with Gasteiger partial charge in [-0.1, -0.05) is 12.1 Å². The Morgan fingerprint density at radius 1 is 1.33 bits per heavy atom. The van der Waals surface area contributed by atoms with Crippen molar-refractivity contribution >= 4 is 34.2 Å². The number of nitro benzene ring substituents is 1. The maximum absolute atomic E-state index is 12.2. The Hall–Kier alpha value is -2.54. The summed E-state index contributed by atoms with van der Waals surface area (Å²) in [7, 11) is 1.22. The number of benzene rings is 1. The molecule has 0 aliphatic carbocycles. The van der Waals surface area contributed by atoms with Gasteiger partial charge in [-0.15, -0.1) is 0 Å². The number of ether oxygens (including phenoxy) is 1. The predicted molar refractivity (Wildman–Crippen MR) is 88.0 cm³/mol. The second-order valence-corrected chi connectivity index (χ2v) is 5.73. The van der Waals surface area contributed by atoms with Crippen LogP contribution in [0.15, 0.2) is 40.5 Å². The Labute approximate surface area is 143 Å². The summed E-state index contributed by atoms with van der Waals surface area (Å²) in [5, 5.41) is 10.3. The van der Waals surface area contributed by atoms with Crippen molar-refractivity contribution in [2.24, 2.45) is 10.9 Å². The van der Waals surface area contributed by atoms with Crippen molar-refractivity contribution in [3.05, 3.63) is 51.2 Å². The number of carbonyl (C=O) groups is 2. The highest BCUT2D eigenvalue weighted by Crippen LogP contribution is 2.41. The standard InChI is InChI=1S/C16H15ClN2O5/c1-8-12(15(17)20)14(13(9(2)18-8)16(21)24-3)10-5-4-6-11(7-10)19(22)23/h4-7,12,14H,1-3H3/t12?,14-/m1/s1. The molecule has 0 aromatic heterocycles. The van der Waals surface area contributed by atoms with Crippen molar-refractivity contribution < 1.29 is 19.2 Å². The zero-order chi connectivity index (χ0) is 18.0. The number of allylic oxidation sites excluding steroid dienone is 1. The monoisotopic (exact) mass is 350 g/mol. The van der Waals surface area contributed by atoms with Crippen LogP contribution in [-0.4, -0.2) is 29.0 Å². The summed E-state index contributed by atoms with van der Waals surface area (Å²) in [6, 6.07) is 5.76. The summed E-state index contributed by atoms with van der Waals surface area (Å²) in [5.41, 5.74) is 1.29. The van der Waals surface area contributed by atoms with Crippen LogP contribution in [0.3, 0.4) is 0 Å². The van der Waals surface area contributed by atoms with Gasteiger partial charge in [0.15, 0.2) is 0 Å². The van der Waals surface area contributed by atoms with Crippen molar-refractivity contribution in [2.75, 3.05) is 7.11 Å². The molecular weight excluding hydrogens is 336 g/mol. The van der Waals surface area contributed by atoms with Crippen molar-refractivity contribution in [2.45, 2.75) is 19.8 Å². The van der Waals surface area contributed by atoms with Crippen molar-refractivity contribution in [3.8, 4) is 0 Å². The average molecular weight is 351 g/mol. The topological polar surface area (TPSA) is 98.9 Å². The van der Waals surface area contributed by atoms with Gasteiger partial charge in [0.05, 0.1) is 23.5 Å². The van der Waals surface area contributed by atoms with E-state index in [0.29, 0.717) is 17.0 Å². The number of hydrogen-bond donors (Lipinski definition) is 0. The van der Waals surface area contributed by atoms with Crippen molar-refractivity contribution in [1.82, 2.24) is 0 Å². The molecule has 1 heterocycles. The van der Waals surface area contributed by atoms with E-state index in [1.165, 1.54) is 25.3 Å². The highest BCUT2D eigenvalue weighted by atomic mass is 35.5. The normalized spacial score (nSPS) is 20.4. The zero-order valence-corrected chi connectivity index (χ0v) is 14.0. The first-order chi connectivity index (χ1) is 11.3. The van der Waals surface area contributed by atoms with Crippen molar-refractivity contribution in [3.63, 3.8) is 0 Å². The molecule has 0 radical (unpaired) electrons. The van der Waals surface area contributed by atoms with Crippen LogP contribution in [0.5, 0.6) is 0 Å². The van der Waals surface area contributed by atoms with Gasteiger partial charge in [-0.05, 0) is 31.0 Å². The summed E-state index contributed by atoms with van der Waals surface area (Å²) in [5.74, 6) is -2.34. The molecule has 1 aliphatic rings. The minimum Gasteiger partial charge on any atom is -0.466 e. The van der Waals surface area contributed by atoms with Crippen LogP contribution in [0.25, 0.3) is 0 Å². The average Bonchev–Trinajstić information content (AvgIpc) is 2.53. The molecule has 1 aromatic rings. The van der Waals surface area contributed by atoms with Gasteiger partial charge in [-0.3, -0.25) is 19.9 Å². The number of nitro groups is 1. The lowest BCUT2D eigenvalue weighted by Crippen LogP contribution is -2.33. The molecule has 1 aliphatic heterocycles. The van der Waals surface area contributed by atoms with Gasteiger partial charge in [0.1, 0.15) is 0 Å². The molecule has 1 aromatic carbocycles. The van der Waals surface area contributed by atoms with Crippen LogP contribution in [-0.2, 0) is 14.3 Å². The first-order valence-corrected chi connectivity index (χ1v) is 7.43. The summed E-state index contributed by atoms with van der Waals surface area (Å²) < 4.78 is 4.80. The van der Waals surface area contributed by atoms with Gasteiger partial charge < -0.3 is 4.74 Å². The summed E-state index contributed by atoms with van der Waals surface area (Å²) in [6.45, 7) is 3.25. The zero-order valence-electron chi connectivity index (χ0n) is 13.3. The Balaban J connectivity index is 2.70. The van der Waals surface area contributed by atoms with Crippen LogP contribution in [0.4, 0.5) is 5.69 Å². The van der Waals surface area contributed by atoms with E-state index in [-0.39, 0.29) is 11.3 Å². The molecule has 7 nitrogen and oxygen atoms in total. The van der Waals surface area contributed by atoms with E-state index in [2.05, 4.69) is 4.99 Å². The van der Waals surface area contributed by atoms with E-state index >= 15 is 0 Å².